The van der Waals surface area contributed by atoms with Crippen molar-refractivity contribution in [1.29, 1.82) is 5.26 Å². The fourth-order valence-corrected chi connectivity index (χ4v) is 3.82. The van der Waals surface area contributed by atoms with Crippen molar-refractivity contribution in [3.05, 3.63) is 42.1 Å². The summed E-state index contributed by atoms with van der Waals surface area (Å²) >= 11 is 0. The number of nitrogens with zero attached hydrogens (tertiary/aromatic N) is 4. The fourth-order valence-electron chi connectivity index (χ4n) is 3.82. The van der Waals surface area contributed by atoms with Gasteiger partial charge in [-0.15, -0.1) is 0 Å². The lowest BCUT2D eigenvalue weighted by molar-refractivity contribution is 0.0942. The van der Waals surface area contributed by atoms with E-state index in [1.807, 2.05) is 22.9 Å². The predicted molar refractivity (Wildman–Crippen MR) is 109 cm³/mol. The third-order valence-electron chi connectivity index (χ3n) is 5.42. The second-order valence-corrected chi connectivity index (χ2v) is 8.00. The lowest BCUT2D eigenvalue weighted by Gasteiger charge is -2.41. The van der Waals surface area contributed by atoms with E-state index in [4.69, 9.17) is 10.4 Å². The topological polar surface area (TPSA) is 56.9 Å². The van der Waals surface area contributed by atoms with E-state index in [0.29, 0.717) is 13.0 Å². The minimum Gasteiger partial charge on any atom is -0.311 e. The monoisotopic (exact) mass is 365 g/mol. The van der Waals surface area contributed by atoms with Crippen molar-refractivity contribution in [1.82, 2.24) is 20.0 Å². The van der Waals surface area contributed by atoms with Crippen LogP contribution in [-0.4, -0.2) is 39.9 Å². The van der Waals surface area contributed by atoms with Crippen molar-refractivity contribution in [2.45, 2.75) is 58.2 Å². The third-order valence-corrected chi connectivity index (χ3v) is 5.42. The smallest absolute Gasteiger partial charge is 0.0968 e. The molecule has 1 aromatic carbocycles. The summed E-state index contributed by atoms with van der Waals surface area (Å²) in [6.45, 7) is 9.44. The van der Waals surface area contributed by atoms with Gasteiger partial charge in [-0.05, 0) is 39.8 Å². The summed E-state index contributed by atoms with van der Waals surface area (Å²) in [7, 11) is 0. The highest BCUT2D eigenvalue weighted by Crippen LogP contribution is 2.23. The molecule has 1 saturated heterocycles. The Hall–Kier alpha value is -2.16. The van der Waals surface area contributed by atoms with E-state index < -0.39 is 0 Å². The number of hydrogen-bond acceptors (Lipinski definition) is 4. The quantitative estimate of drug-likeness (QED) is 0.773. The van der Waals surface area contributed by atoms with Crippen LogP contribution >= 0.6 is 0 Å². The fraction of sp³-hybridized carbons (Fsp3) is 0.545. The van der Waals surface area contributed by atoms with Gasteiger partial charge in [-0.3, -0.25) is 9.58 Å². The van der Waals surface area contributed by atoms with Gasteiger partial charge in [0, 0.05) is 36.0 Å². The molecule has 144 valence electrons. The van der Waals surface area contributed by atoms with Crippen LogP contribution < -0.4 is 5.32 Å². The summed E-state index contributed by atoms with van der Waals surface area (Å²) in [6.07, 6.45) is 6.55. The van der Waals surface area contributed by atoms with Crippen molar-refractivity contribution < 1.29 is 0 Å². The molecule has 0 radical (unpaired) electrons. The van der Waals surface area contributed by atoms with Crippen LogP contribution in [0.25, 0.3) is 11.3 Å². The molecule has 2 aromatic rings. The molecule has 0 aliphatic carbocycles. The molecule has 2 heterocycles. The number of hydrogen-bond donors (Lipinski definition) is 1. The maximum atomic E-state index is 8.87. The van der Waals surface area contributed by atoms with E-state index in [9.17, 15) is 0 Å². The first-order valence-corrected chi connectivity index (χ1v) is 10.0. The Morgan fingerprint density at radius 1 is 1.15 bits per heavy atom. The highest BCUT2D eigenvalue weighted by atomic mass is 15.3. The summed E-state index contributed by atoms with van der Waals surface area (Å²) in [6, 6.07) is 12.5. The molecule has 0 atom stereocenters. The Balaban J connectivity index is 1.68. The van der Waals surface area contributed by atoms with Gasteiger partial charge in [0.05, 0.1) is 24.7 Å². The molecule has 1 aromatic heterocycles. The van der Waals surface area contributed by atoms with E-state index in [1.165, 1.54) is 37.9 Å². The van der Waals surface area contributed by atoms with Crippen molar-refractivity contribution in [3.63, 3.8) is 0 Å². The molecule has 0 saturated carbocycles. The lowest BCUT2D eigenvalue weighted by Crippen LogP contribution is -2.52. The minimum absolute atomic E-state index is 0.157. The average Bonchev–Trinajstić information content (AvgIpc) is 3.10. The molecule has 0 spiro atoms. The predicted octanol–water partition coefficient (Wildman–Crippen LogP) is 3.82. The number of aromatic nitrogens is 2. The number of aryl methyl sites for hydroxylation is 1. The van der Waals surface area contributed by atoms with E-state index in [-0.39, 0.29) is 5.54 Å². The number of nitrogens with one attached hydrogen (secondary N) is 1. The van der Waals surface area contributed by atoms with Crippen LogP contribution in [0.5, 0.6) is 0 Å². The first-order chi connectivity index (χ1) is 13.1. The van der Waals surface area contributed by atoms with Gasteiger partial charge in [0.2, 0.25) is 0 Å². The van der Waals surface area contributed by atoms with Crippen molar-refractivity contribution in [3.8, 4) is 17.3 Å². The van der Waals surface area contributed by atoms with Crippen LogP contribution in [0.15, 0.2) is 36.5 Å². The molecule has 0 bridgehead atoms. The Labute approximate surface area is 163 Å². The van der Waals surface area contributed by atoms with Crippen LogP contribution in [0.1, 0.15) is 45.1 Å². The van der Waals surface area contributed by atoms with E-state index >= 15 is 0 Å². The molecule has 3 rings (SSSR count). The number of piperidine rings is 1. The van der Waals surface area contributed by atoms with Crippen molar-refractivity contribution in [2.75, 3.05) is 19.6 Å². The minimum atomic E-state index is 0.157. The number of likely N-dealkylation sites (tertiary alicyclic amines) is 1. The molecule has 0 amide bonds. The summed E-state index contributed by atoms with van der Waals surface area (Å²) in [5.41, 5.74) is 3.48. The summed E-state index contributed by atoms with van der Waals surface area (Å²) in [5, 5.41) is 17.3. The normalized spacial score (nSPS) is 15.6. The van der Waals surface area contributed by atoms with Crippen LogP contribution in [0, 0.1) is 11.3 Å². The maximum Gasteiger partial charge on any atom is 0.0968 e. The highest BCUT2D eigenvalue weighted by molar-refractivity contribution is 5.62. The summed E-state index contributed by atoms with van der Waals surface area (Å²) in [5.74, 6) is 0. The van der Waals surface area contributed by atoms with Crippen LogP contribution in [0.2, 0.25) is 0 Å². The first kappa shape index (κ1) is 19.6. The SMILES string of the molecule is CC(C)(CNCc1cn(CCC#N)nc1-c1ccccc1)N1CCCCC1. The van der Waals surface area contributed by atoms with Gasteiger partial charge in [0.15, 0.2) is 0 Å². The van der Waals surface area contributed by atoms with Gasteiger partial charge in [-0.2, -0.15) is 10.4 Å². The van der Waals surface area contributed by atoms with Gasteiger partial charge in [-0.1, -0.05) is 36.8 Å². The molecule has 1 N–H and O–H groups in total. The van der Waals surface area contributed by atoms with Crippen LogP contribution in [0.4, 0.5) is 0 Å². The average molecular weight is 366 g/mol. The maximum absolute atomic E-state index is 8.87. The number of nitriles is 1. The molecule has 1 aliphatic rings. The Morgan fingerprint density at radius 3 is 2.59 bits per heavy atom. The second kappa shape index (κ2) is 9.16. The lowest BCUT2D eigenvalue weighted by atomic mass is 9.98. The van der Waals surface area contributed by atoms with Gasteiger partial charge in [-0.25, -0.2) is 0 Å². The second-order valence-electron chi connectivity index (χ2n) is 8.00. The highest BCUT2D eigenvalue weighted by Gasteiger charge is 2.27. The van der Waals surface area contributed by atoms with Gasteiger partial charge >= 0.3 is 0 Å². The Kier molecular flexibility index (Phi) is 6.65. The van der Waals surface area contributed by atoms with Gasteiger partial charge in [0.25, 0.3) is 0 Å². The standard InChI is InChI=1S/C22H31N5/c1-22(2,26-13-7-4-8-14-26)18-24-16-20-17-27(15-9-12-23)25-21(20)19-10-5-3-6-11-19/h3,5-6,10-11,17,24H,4,7-9,13-16,18H2,1-2H3. The zero-order valence-corrected chi connectivity index (χ0v) is 16.6. The zero-order valence-electron chi connectivity index (χ0n) is 16.6. The molecule has 5 heteroatoms. The van der Waals surface area contributed by atoms with Crippen LogP contribution in [-0.2, 0) is 13.1 Å². The van der Waals surface area contributed by atoms with Gasteiger partial charge < -0.3 is 5.32 Å². The van der Waals surface area contributed by atoms with Crippen LogP contribution in [0.3, 0.4) is 0 Å². The van der Waals surface area contributed by atoms with Gasteiger partial charge in [0.1, 0.15) is 0 Å². The number of rotatable bonds is 8. The molecule has 0 unspecified atom stereocenters. The van der Waals surface area contributed by atoms with E-state index in [1.54, 1.807) is 0 Å². The number of benzene rings is 1. The third kappa shape index (κ3) is 5.18. The first-order valence-electron chi connectivity index (χ1n) is 10.0. The molecule has 1 aliphatic heterocycles. The summed E-state index contributed by atoms with van der Waals surface area (Å²) < 4.78 is 1.90. The van der Waals surface area contributed by atoms with E-state index in [0.717, 1.165) is 24.3 Å². The molecule has 1 fully saturated rings. The summed E-state index contributed by atoms with van der Waals surface area (Å²) in [4.78, 5) is 2.61. The Bertz CT molecular complexity index is 751. The molecule has 5 nitrogen and oxygen atoms in total. The Morgan fingerprint density at radius 2 is 1.89 bits per heavy atom. The van der Waals surface area contributed by atoms with Crippen molar-refractivity contribution in [2.24, 2.45) is 0 Å². The molecule has 27 heavy (non-hydrogen) atoms. The van der Waals surface area contributed by atoms with E-state index in [2.05, 4.69) is 48.5 Å². The largest absolute Gasteiger partial charge is 0.311 e. The zero-order chi connectivity index (χ0) is 19.1. The molecular formula is C22H31N5. The molecular weight excluding hydrogens is 334 g/mol. The van der Waals surface area contributed by atoms with Crippen molar-refractivity contribution >= 4 is 0 Å².